The second-order valence-electron chi connectivity index (χ2n) is 10.3. The Bertz CT molecular complexity index is 1100. The van der Waals surface area contributed by atoms with Crippen molar-refractivity contribution in [3.05, 3.63) is 59.2 Å². The number of carbonyl (C=O) groups excluding carboxylic acids is 2. The molecule has 0 aromatic heterocycles. The first kappa shape index (κ1) is 29.0. The van der Waals surface area contributed by atoms with Gasteiger partial charge in [-0.15, -0.1) is 0 Å². The van der Waals surface area contributed by atoms with E-state index in [0.29, 0.717) is 30.9 Å². The highest BCUT2D eigenvalue weighted by molar-refractivity contribution is 7.99. The Morgan fingerprint density at radius 3 is 2.64 bits per heavy atom. The van der Waals surface area contributed by atoms with Gasteiger partial charge < -0.3 is 14.8 Å². The number of benzene rings is 2. The monoisotopic (exact) mass is 551 g/mol. The summed E-state index contributed by atoms with van der Waals surface area (Å²) in [5.41, 5.74) is 3.26. The molecule has 1 unspecified atom stereocenters. The molecule has 1 amide bonds. The molecule has 2 aliphatic rings. The molecule has 8 heteroatoms. The van der Waals surface area contributed by atoms with Crippen LogP contribution in [0.5, 0.6) is 5.75 Å². The van der Waals surface area contributed by atoms with Crippen LogP contribution in [-0.4, -0.2) is 60.9 Å². The summed E-state index contributed by atoms with van der Waals surface area (Å²) in [4.78, 5) is 25.2. The molecule has 2 aliphatic heterocycles. The van der Waals surface area contributed by atoms with Gasteiger partial charge in [0.05, 0.1) is 25.8 Å². The summed E-state index contributed by atoms with van der Waals surface area (Å²) >= 11 is 1.96. The Morgan fingerprint density at radius 1 is 1.08 bits per heavy atom. The fraction of sp³-hybridized carbons (Fsp3) is 0.516. The van der Waals surface area contributed by atoms with Gasteiger partial charge in [-0.3, -0.25) is 14.6 Å². The third-order valence-electron chi connectivity index (χ3n) is 7.05. The Kier molecular flexibility index (Phi) is 11.6. The van der Waals surface area contributed by atoms with Crippen molar-refractivity contribution in [2.24, 2.45) is 11.0 Å². The Morgan fingerprint density at radius 2 is 1.85 bits per heavy atom. The van der Waals surface area contributed by atoms with E-state index in [0.717, 1.165) is 60.7 Å². The van der Waals surface area contributed by atoms with Crippen molar-refractivity contribution in [1.29, 1.82) is 0 Å². The zero-order chi connectivity index (χ0) is 27.3. The lowest BCUT2D eigenvalue weighted by atomic mass is 9.93. The Hall–Kier alpha value is -3.00. The number of nitrogens with one attached hydrogen (secondary N) is 1. The second kappa shape index (κ2) is 15.6. The third-order valence-corrected chi connectivity index (χ3v) is 7.99. The number of hydrazone groups is 1. The molecule has 4 rings (SSSR count). The van der Waals surface area contributed by atoms with E-state index >= 15 is 0 Å². The first-order chi connectivity index (χ1) is 19.1. The molecule has 0 aliphatic carbocycles. The zero-order valence-electron chi connectivity index (χ0n) is 23.0. The molecule has 2 aromatic rings. The van der Waals surface area contributed by atoms with Gasteiger partial charge in [0.2, 0.25) is 0 Å². The number of esters is 1. The molecular weight excluding hydrogens is 510 g/mol. The highest BCUT2D eigenvalue weighted by atomic mass is 32.2. The molecule has 0 spiro atoms. The minimum absolute atomic E-state index is 0.0680. The van der Waals surface area contributed by atoms with E-state index in [-0.39, 0.29) is 17.8 Å². The molecule has 0 bridgehead atoms. The molecule has 7 nitrogen and oxygen atoms in total. The number of thioether (sulfide) groups is 1. The zero-order valence-corrected chi connectivity index (χ0v) is 23.8. The highest BCUT2D eigenvalue weighted by Crippen LogP contribution is 2.31. The van der Waals surface area contributed by atoms with E-state index in [1.54, 1.807) is 0 Å². The van der Waals surface area contributed by atoms with Crippen LogP contribution in [0.4, 0.5) is 5.69 Å². The summed E-state index contributed by atoms with van der Waals surface area (Å²) in [6, 6.07) is 13.1. The molecule has 2 aromatic carbocycles. The number of nitrogens with zero attached hydrogens (tertiary/aromatic N) is 2. The molecular formula is C31H41N3O4S. The van der Waals surface area contributed by atoms with Gasteiger partial charge in [0.15, 0.2) is 0 Å². The number of hydrogen-bond donors (Lipinski definition) is 1. The van der Waals surface area contributed by atoms with Crippen molar-refractivity contribution in [2.75, 3.05) is 43.1 Å². The molecule has 210 valence electrons. The smallest absolute Gasteiger partial charge is 0.306 e. The van der Waals surface area contributed by atoms with Crippen molar-refractivity contribution in [1.82, 2.24) is 5.01 Å². The van der Waals surface area contributed by atoms with Crippen LogP contribution < -0.4 is 10.1 Å². The number of anilines is 1. The highest BCUT2D eigenvalue weighted by Gasteiger charge is 2.23. The van der Waals surface area contributed by atoms with E-state index < -0.39 is 0 Å². The number of ether oxygens (including phenoxy) is 2. The van der Waals surface area contributed by atoms with Crippen molar-refractivity contribution in [2.45, 2.75) is 58.3 Å². The fourth-order valence-electron chi connectivity index (χ4n) is 4.77. The fourth-order valence-corrected chi connectivity index (χ4v) is 5.65. The summed E-state index contributed by atoms with van der Waals surface area (Å²) < 4.78 is 11.4. The molecule has 1 atom stereocenters. The standard InChI is InChI=1S/C31H41N3O4S/c1-2-3-4-5-6-7-16-37-30(35)20-25-19-27-21-28(12-13-29(27)38-23-25)33-31(36)26-10-8-24(9-11-26)22-32-34-14-17-39-18-15-34/h8-13,21-22,25H,2-7,14-20,23H2,1H3,(H,33,36). The summed E-state index contributed by atoms with van der Waals surface area (Å²) in [6.07, 6.45) is 9.92. The summed E-state index contributed by atoms with van der Waals surface area (Å²) in [6.45, 7) is 5.14. The van der Waals surface area contributed by atoms with Gasteiger partial charge in [-0.25, -0.2) is 0 Å². The predicted molar refractivity (Wildman–Crippen MR) is 159 cm³/mol. The Labute approximate surface area is 236 Å². The first-order valence-corrected chi connectivity index (χ1v) is 15.5. The number of rotatable bonds is 13. The van der Waals surface area contributed by atoms with Crippen LogP contribution >= 0.6 is 11.8 Å². The van der Waals surface area contributed by atoms with Crippen molar-refractivity contribution < 1.29 is 19.1 Å². The van der Waals surface area contributed by atoms with Crippen molar-refractivity contribution in [3.63, 3.8) is 0 Å². The summed E-state index contributed by atoms with van der Waals surface area (Å²) in [5, 5.41) is 9.62. The molecule has 0 radical (unpaired) electrons. The van der Waals surface area contributed by atoms with E-state index in [9.17, 15) is 9.59 Å². The van der Waals surface area contributed by atoms with Gasteiger partial charge in [-0.2, -0.15) is 16.9 Å². The quantitative estimate of drug-likeness (QED) is 0.182. The molecule has 1 saturated heterocycles. The lowest BCUT2D eigenvalue weighted by Gasteiger charge is -2.25. The predicted octanol–water partition coefficient (Wildman–Crippen LogP) is 6.17. The van der Waals surface area contributed by atoms with Gasteiger partial charge in [0.25, 0.3) is 5.91 Å². The number of amides is 1. The maximum Gasteiger partial charge on any atom is 0.306 e. The van der Waals surface area contributed by atoms with Gasteiger partial charge in [-0.1, -0.05) is 51.2 Å². The number of fused-ring (bicyclic) bond motifs is 1. The number of carbonyl (C=O) groups is 2. The number of hydrogen-bond acceptors (Lipinski definition) is 7. The third kappa shape index (κ3) is 9.60. The maximum absolute atomic E-state index is 12.9. The maximum atomic E-state index is 12.9. The van der Waals surface area contributed by atoms with Gasteiger partial charge in [0, 0.05) is 41.8 Å². The summed E-state index contributed by atoms with van der Waals surface area (Å²) in [5.74, 6) is 2.76. The summed E-state index contributed by atoms with van der Waals surface area (Å²) in [7, 11) is 0. The van der Waals surface area contributed by atoms with Crippen molar-refractivity contribution in [3.8, 4) is 5.75 Å². The van der Waals surface area contributed by atoms with E-state index in [4.69, 9.17) is 9.47 Å². The van der Waals surface area contributed by atoms with Crippen LogP contribution in [0.25, 0.3) is 0 Å². The van der Waals surface area contributed by atoms with Crippen LogP contribution in [0.1, 0.15) is 73.4 Å². The molecule has 39 heavy (non-hydrogen) atoms. The topological polar surface area (TPSA) is 80.2 Å². The minimum atomic E-state index is -0.168. The normalized spacial score (nSPS) is 16.9. The largest absolute Gasteiger partial charge is 0.493 e. The lowest BCUT2D eigenvalue weighted by Crippen LogP contribution is -2.27. The number of unbranched alkanes of at least 4 members (excludes halogenated alkanes) is 5. The average Bonchev–Trinajstić information content (AvgIpc) is 2.96. The second-order valence-corrected chi connectivity index (χ2v) is 11.5. The van der Waals surface area contributed by atoms with Crippen LogP contribution in [0.3, 0.4) is 0 Å². The molecule has 1 N–H and O–H groups in total. The lowest BCUT2D eigenvalue weighted by molar-refractivity contribution is -0.145. The van der Waals surface area contributed by atoms with Crippen LogP contribution in [0.2, 0.25) is 0 Å². The van der Waals surface area contributed by atoms with Gasteiger partial charge in [0.1, 0.15) is 5.75 Å². The minimum Gasteiger partial charge on any atom is -0.493 e. The van der Waals surface area contributed by atoms with Gasteiger partial charge >= 0.3 is 5.97 Å². The first-order valence-electron chi connectivity index (χ1n) is 14.3. The molecule has 2 heterocycles. The average molecular weight is 552 g/mol. The molecule has 0 saturated carbocycles. The van der Waals surface area contributed by atoms with E-state index in [1.165, 1.54) is 25.7 Å². The SMILES string of the molecule is CCCCCCCCOC(=O)CC1COc2ccc(NC(=O)c3ccc(C=NN4CCSCC4)cc3)cc2C1. The van der Waals surface area contributed by atoms with Crippen LogP contribution in [0.15, 0.2) is 47.6 Å². The van der Waals surface area contributed by atoms with Crippen LogP contribution in [0, 0.1) is 5.92 Å². The Balaban J connectivity index is 1.23. The molecule has 1 fully saturated rings. The van der Waals surface area contributed by atoms with E-state index in [2.05, 4.69) is 22.4 Å². The van der Waals surface area contributed by atoms with E-state index in [1.807, 2.05) is 60.4 Å². The van der Waals surface area contributed by atoms with Crippen molar-refractivity contribution >= 4 is 35.5 Å². The van der Waals surface area contributed by atoms with Crippen LogP contribution in [-0.2, 0) is 16.0 Å². The van der Waals surface area contributed by atoms with Gasteiger partial charge in [-0.05, 0) is 54.3 Å².